The fraction of sp³-hybridized carbons (Fsp3) is 0.533. The van der Waals surface area contributed by atoms with Gasteiger partial charge in [-0.25, -0.2) is 0 Å². The van der Waals surface area contributed by atoms with E-state index < -0.39 is 0 Å². The number of anilines is 2. The Balaban J connectivity index is 1.84. The van der Waals surface area contributed by atoms with Crippen LogP contribution in [0.2, 0.25) is 0 Å². The van der Waals surface area contributed by atoms with Crippen molar-refractivity contribution in [2.45, 2.75) is 12.5 Å². The SMILES string of the molecule is N#Cc1ccc(N[C@@H]2CCNC2)c(N2CCOCC2)c1. The number of morpholine rings is 1. The van der Waals surface area contributed by atoms with Crippen LogP contribution < -0.4 is 15.5 Å². The Morgan fingerprint density at radius 3 is 2.90 bits per heavy atom. The Morgan fingerprint density at radius 2 is 2.20 bits per heavy atom. The summed E-state index contributed by atoms with van der Waals surface area (Å²) in [6, 6.07) is 8.60. The summed E-state index contributed by atoms with van der Waals surface area (Å²) in [4.78, 5) is 2.30. The second kappa shape index (κ2) is 6.12. The van der Waals surface area contributed by atoms with Crippen molar-refractivity contribution in [3.8, 4) is 6.07 Å². The molecule has 2 heterocycles. The Labute approximate surface area is 119 Å². The van der Waals surface area contributed by atoms with Gasteiger partial charge in [-0.15, -0.1) is 0 Å². The first-order valence-electron chi connectivity index (χ1n) is 7.21. The van der Waals surface area contributed by atoms with E-state index in [1.165, 1.54) is 0 Å². The van der Waals surface area contributed by atoms with E-state index in [1.54, 1.807) is 0 Å². The standard InChI is InChI=1S/C15H20N4O/c16-10-12-1-2-14(18-13-3-4-17-11-13)15(9-12)19-5-7-20-8-6-19/h1-2,9,13,17-18H,3-8,11H2/t13-/m1/s1. The molecule has 0 spiro atoms. The molecule has 0 bridgehead atoms. The van der Waals surface area contributed by atoms with E-state index in [0.717, 1.165) is 57.2 Å². The van der Waals surface area contributed by atoms with E-state index >= 15 is 0 Å². The van der Waals surface area contributed by atoms with Gasteiger partial charge >= 0.3 is 0 Å². The molecular weight excluding hydrogens is 252 g/mol. The molecule has 3 rings (SSSR count). The lowest BCUT2D eigenvalue weighted by atomic mass is 10.1. The average molecular weight is 272 g/mol. The van der Waals surface area contributed by atoms with Gasteiger partial charge in [-0.05, 0) is 31.2 Å². The summed E-state index contributed by atoms with van der Waals surface area (Å²) >= 11 is 0. The summed E-state index contributed by atoms with van der Waals surface area (Å²) < 4.78 is 5.41. The van der Waals surface area contributed by atoms with E-state index in [-0.39, 0.29) is 0 Å². The van der Waals surface area contributed by atoms with Crippen LogP contribution in [-0.4, -0.2) is 45.4 Å². The molecule has 2 saturated heterocycles. The highest BCUT2D eigenvalue weighted by Gasteiger charge is 2.19. The normalized spacial score (nSPS) is 22.6. The molecule has 2 N–H and O–H groups in total. The van der Waals surface area contributed by atoms with Gasteiger partial charge in [-0.2, -0.15) is 5.26 Å². The Bertz CT molecular complexity index is 499. The van der Waals surface area contributed by atoms with E-state index in [4.69, 9.17) is 10.00 Å². The molecule has 5 nitrogen and oxygen atoms in total. The van der Waals surface area contributed by atoms with Crippen molar-refractivity contribution < 1.29 is 4.74 Å². The monoisotopic (exact) mass is 272 g/mol. The highest BCUT2D eigenvalue weighted by Crippen LogP contribution is 2.29. The molecule has 0 radical (unpaired) electrons. The van der Waals surface area contributed by atoms with Crippen molar-refractivity contribution in [2.75, 3.05) is 49.6 Å². The lowest BCUT2D eigenvalue weighted by Crippen LogP contribution is -2.37. The molecule has 20 heavy (non-hydrogen) atoms. The molecule has 0 unspecified atom stereocenters. The third-order valence-electron chi connectivity index (χ3n) is 3.90. The van der Waals surface area contributed by atoms with Gasteiger partial charge in [-0.1, -0.05) is 0 Å². The number of nitrogens with zero attached hydrogens (tertiary/aromatic N) is 2. The van der Waals surface area contributed by atoms with Crippen LogP contribution in [0.3, 0.4) is 0 Å². The minimum atomic E-state index is 0.475. The predicted octanol–water partition coefficient (Wildman–Crippen LogP) is 1.17. The molecular formula is C15H20N4O. The third-order valence-corrected chi connectivity index (χ3v) is 3.90. The highest BCUT2D eigenvalue weighted by molar-refractivity contribution is 5.72. The zero-order valence-electron chi connectivity index (χ0n) is 11.6. The van der Waals surface area contributed by atoms with Crippen LogP contribution in [0.25, 0.3) is 0 Å². The largest absolute Gasteiger partial charge is 0.379 e. The fourth-order valence-electron chi connectivity index (χ4n) is 2.79. The zero-order valence-corrected chi connectivity index (χ0v) is 11.6. The molecule has 0 aliphatic carbocycles. The topological polar surface area (TPSA) is 60.3 Å². The molecule has 2 aliphatic heterocycles. The Kier molecular flexibility index (Phi) is 4.05. The molecule has 0 aromatic heterocycles. The number of nitrogens with one attached hydrogen (secondary N) is 2. The van der Waals surface area contributed by atoms with Crippen molar-refractivity contribution >= 4 is 11.4 Å². The van der Waals surface area contributed by atoms with Crippen molar-refractivity contribution in [3.05, 3.63) is 23.8 Å². The van der Waals surface area contributed by atoms with Crippen molar-refractivity contribution in [2.24, 2.45) is 0 Å². The molecule has 2 aliphatic rings. The van der Waals surface area contributed by atoms with Crippen LogP contribution in [0, 0.1) is 11.3 Å². The molecule has 1 atom stereocenters. The average Bonchev–Trinajstić information content (AvgIpc) is 3.01. The summed E-state index contributed by atoms with van der Waals surface area (Å²) in [5.74, 6) is 0. The van der Waals surface area contributed by atoms with Crippen LogP contribution in [0.4, 0.5) is 11.4 Å². The molecule has 1 aromatic carbocycles. The van der Waals surface area contributed by atoms with Crippen LogP contribution in [0.1, 0.15) is 12.0 Å². The van der Waals surface area contributed by atoms with Crippen molar-refractivity contribution in [1.82, 2.24) is 5.32 Å². The maximum absolute atomic E-state index is 9.11. The first kappa shape index (κ1) is 13.2. The Hall–Kier alpha value is -1.77. The second-order valence-electron chi connectivity index (χ2n) is 5.28. The number of ether oxygens (including phenoxy) is 1. The minimum absolute atomic E-state index is 0.475. The summed E-state index contributed by atoms with van der Waals surface area (Å²) in [5.41, 5.74) is 2.96. The molecule has 0 saturated carbocycles. The quantitative estimate of drug-likeness (QED) is 0.865. The number of rotatable bonds is 3. The van der Waals surface area contributed by atoms with Crippen LogP contribution in [0.15, 0.2) is 18.2 Å². The maximum Gasteiger partial charge on any atom is 0.0992 e. The predicted molar refractivity (Wildman–Crippen MR) is 79.1 cm³/mol. The van der Waals surface area contributed by atoms with Gasteiger partial charge in [0.2, 0.25) is 0 Å². The zero-order chi connectivity index (χ0) is 13.8. The fourth-order valence-corrected chi connectivity index (χ4v) is 2.79. The van der Waals surface area contributed by atoms with Gasteiger partial charge in [0.15, 0.2) is 0 Å². The van der Waals surface area contributed by atoms with E-state index in [9.17, 15) is 0 Å². The maximum atomic E-state index is 9.11. The Morgan fingerprint density at radius 1 is 1.35 bits per heavy atom. The van der Waals surface area contributed by atoms with Crippen molar-refractivity contribution in [3.63, 3.8) is 0 Å². The molecule has 2 fully saturated rings. The first-order valence-corrected chi connectivity index (χ1v) is 7.21. The molecule has 0 amide bonds. The number of nitriles is 1. The van der Waals surface area contributed by atoms with E-state index in [0.29, 0.717) is 11.6 Å². The van der Waals surface area contributed by atoms with Gasteiger partial charge < -0.3 is 20.3 Å². The summed E-state index contributed by atoms with van der Waals surface area (Å²) in [7, 11) is 0. The molecule has 1 aromatic rings. The van der Waals surface area contributed by atoms with Gasteiger partial charge in [0.1, 0.15) is 0 Å². The number of hydrogen-bond donors (Lipinski definition) is 2. The van der Waals surface area contributed by atoms with E-state index in [2.05, 4.69) is 21.6 Å². The first-order chi connectivity index (χ1) is 9.86. The summed E-state index contributed by atoms with van der Waals surface area (Å²) in [6.45, 7) is 5.34. The number of hydrogen-bond acceptors (Lipinski definition) is 5. The van der Waals surface area contributed by atoms with Crippen molar-refractivity contribution in [1.29, 1.82) is 5.26 Å². The van der Waals surface area contributed by atoms with E-state index in [1.807, 2.05) is 18.2 Å². The van der Waals surface area contributed by atoms with Gasteiger partial charge in [0, 0.05) is 25.7 Å². The van der Waals surface area contributed by atoms with Crippen LogP contribution in [-0.2, 0) is 4.74 Å². The van der Waals surface area contributed by atoms with Gasteiger partial charge in [-0.3, -0.25) is 0 Å². The smallest absolute Gasteiger partial charge is 0.0992 e. The summed E-state index contributed by atoms with van der Waals surface area (Å²) in [5, 5.41) is 16.1. The van der Waals surface area contributed by atoms with Gasteiger partial charge in [0.05, 0.1) is 36.2 Å². The minimum Gasteiger partial charge on any atom is -0.379 e. The highest BCUT2D eigenvalue weighted by atomic mass is 16.5. The summed E-state index contributed by atoms with van der Waals surface area (Å²) in [6.07, 6.45) is 1.14. The third kappa shape index (κ3) is 2.87. The molecule has 106 valence electrons. The lowest BCUT2D eigenvalue weighted by molar-refractivity contribution is 0.123. The van der Waals surface area contributed by atoms with Crippen LogP contribution >= 0.6 is 0 Å². The van der Waals surface area contributed by atoms with Crippen LogP contribution in [0.5, 0.6) is 0 Å². The van der Waals surface area contributed by atoms with Gasteiger partial charge in [0.25, 0.3) is 0 Å². The molecule has 5 heteroatoms. The lowest BCUT2D eigenvalue weighted by Gasteiger charge is -2.31. The second-order valence-corrected chi connectivity index (χ2v) is 5.28. The number of benzene rings is 1.